The highest BCUT2D eigenvalue weighted by atomic mass is 35.5. The lowest BCUT2D eigenvalue weighted by atomic mass is 10.2. The van der Waals surface area contributed by atoms with Crippen LogP contribution in [0, 0.1) is 5.82 Å². The van der Waals surface area contributed by atoms with Gasteiger partial charge >= 0.3 is 0 Å². The van der Waals surface area contributed by atoms with Crippen LogP contribution in [-0.4, -0.2) is 4.98 Å². The van der Waals surface area contributed by atoms with Crippen molar-refractivity contribution in [3.8, 4) is 0 Å². The van der Waals surface area contributed by atoms with Crippen LogP contribution in [0.25, 0.3) is 0 Å². The van der Waals surface area contributed by atoms with Crippen molar-refractivity contribution in [1.82, 2.24) is 4.98 Å². The second kappa shape index (κ2) is 3.83. The summed E-state index contributed by atoms with van der Waals surface area (Å²) in [5, 5.41) is 0. The van der Waals surface area contributed by atoms with Gasteiger partial charge in [0.05, 0.1) is 0 Å². The Bertz CT molecular complexity index is 317. The summed E-state index contributed by atoms with van der Waals surface area (Å²) in [6, 6.07) is 0.872. The van der Waals surface area contributed by atoms with Crippen molar-refractivity contribution in [3.05, 3.63) is 23.1 Å². The molecule has 0 atom stereocenters. The molecular weight excluding hydrogens is 205 g/mol. The number of nitrogens with zero attached hydrogens (tertiary/aromatic N) is 1. The lowest BCUT2D eigenvalue weighted by molar-refractivity contribution is 0.145. The minimum absolute atomic E-state index is 0.0385. The van der Waals surface area contributed by atoms with E-state index in [2.05, 4.69) is 4.98 Å². The summed E-state index contributed by atoms with van der Waals surface area (Å²) in [5.41, 5.74) is 4.42. The second-order valence-corrected chi connectivity index (χ2v) is 2.60. The third-order valence-electron chi connectivity index (χ3n) is 1.47. The van der Waals surface area contributed by atoms with Crippen LogP contribution >= 0.6 is 11.6 Å². The quantitative estimate of drug-likeness (QED) is 0.762. The van der Waals surface area contributed by atoms with Gasteiger partial charge in [0.25, 0.3) is 6.43 Å². The number of halogens is 4. The molecule has 1 heterocycles. The monoisotopic (exact) mass is 210 g/mol. The molecule has 0 aliphatic heterocycles. The van der Waals surface area contributed by atoms with E-state index in [1.807, 2.05) is 0 Å². The molecule has 0 aliphatic rings. The Hall–Kier alpha value is -0.970. The Labute approximate surface area is 77.5 Å². The van der Waals surface area contributed by atoms with Gasteiger partial charge in [0.1, 0.15) is 5.69 Å². The zero-order valence-electron chi connectivity index (χ0n) is 6.40. The van der Waals surface area contributed by atoms with E-state index in [0.717, 1.165) is 6.07 Å². The normalized spacial score (nSPS) is 10.8. The number of aromatic nitrogens is 1. The molecule has 0 unspecified atom stereocenters. The number of nitrogens with two attached hydrogens (primary N) is 1. The predicted molar refractivity (Wildman–Crippen MR) is 43.1 cm³/mol. The highest BCUT2D eigenvalue weighted by Gasteiger charge is 2.16. The summed E-state index contributed by atoms with van der Waals surface area (Å²) in [5.74, 6) is -1.59. The molecule has 1 rings (SSSR count). The van der Waals surface area contributed by atoms with Crippen molar-refractivity contribution in [2.24, 2.45) is 0 Å². The third kappa shape index (κ3) is 2.03. The summed E-state index contributed by atoms with van der Waals surface area (Å²) >= 11 is 5.32. The first-order valence-corrected chi connectivity index (χ1v) is 3.88. The molecule has 6 heteroatoms. The molecule has 0 saturated carbocycles. The maximum Gasteiger partial charge on any atom is 0.280 e. The molecule has 0 aliphatic carbocycles. The molecule has 2 nitrogen and oxygen atoms in total. The maximum absolute atomic E-state index is 12.7. The lowest BCUT2D eigenvalue weighted by Crippen LogP contribution is -2.03. The molecular formula is C7H6ClF3N2. The SMILES string of the molecule is Nc1nc(C(F)F)c(CCl)cc1F. The van der Waals surface area contributed by atoms with E-state index >= 15 is 0 Å². The van der Waals surface area contributed by atoms with Crippen LogP contribution in [0.2, 0.25) is 0 Å². The van der Waals surface area contributed by atoms with Crippen molar-refractivity contribution in [3.63, 3.8) is 0 Å². The van der Waals surface area contributed by atoms with E-state index in [-0.39, 0.29) is 11.4 Å². The summed E-state index contributed by atoms with van der Waals surface area (Å²) < 4.78 is 37.2. The summed E-state index contributed by atoms with van der Waals surface area (Å²) in [6.07, 6.45) is -2.79. The molecule has 0 fully saturated rings. The average Bonchev–Trinajstić information content (AvgIpc) is 2.08. The van der Waals surface area contributed by atoms with Gasteiger partial charge in [-0.05, 0) is 11.6 Å². The number of hydrogen-bond donors (Lipinski definition) is 1. The van der Waals surface area contributed by atoms with Crippen LogP contribution < -0.4 is 5.73 Å². The van der Waals surface area contributed by atoms with Crippen molar-refractivity contribution in [2.75, 3.05) is 5.73 Å². The highest BCUT2D eigenvalue weighted by Crippen LogP contribution is 2.24. The van der Waals surface area contributed by atoms with Crippen molar-refractivity contribution in [1.29, 1.82) is 0 Å². The number of pyridine rings is 1. The average molecular weight is 211 g/mol. The summed E-state index contributed by atoms with van der Waals surface area (Å²) in [6.45, 7) is 0. The number of hydrogen-bond acceptors (Lipinski definition) is 2. The molecule has 0 saturated heterocycles. The first-order chi connectivity index (χ1) is 6.06. The van der Waals surface area contributed by atoms with Crippen molar-refractivity contribution >= 4 is 17.4 Å². The number of alkyl halides is 3. The van der Waals surface area contributed by atoms with Gasteiger partial charge in [-0.2, -0.15) is 0 Å². The first-order valence-electron chi connectivity index (χ1n) is 3.35. The Morgan fingerprint density at radius 2 is 2.15 bits per heavy atom. The largest absolute Gasteiger partial charge is 0.381 e. The van der Waals surface area contributed by atoms with E-state index in [0.29, 0.717) is 0 Å². The molecule has 13 heavy (non-hydrogen) atoms. The van der Waals surface area contributed by atoms with Gasteiger partial charge in [-0.3, -0.25) is 0 Å². The zero-order valence-corrected chi connectivity index (χ0v) is 7.15. The second-order valence-electron chi connectivity index (χ2n) is 2.33. The van der Waals surface area contributed by atoms with Gasteiger partial charge in [0, 0.05) is 5.88 Å². The van der Waals surface area contributed by atoms with Crippen LogP contribution in [-0.2, 0) is 5.88 Å². The van der Waals surface area contributed by atoms with E-state index in [1.54, 1.807) is 0 Å². The molecule has 2 N–H and O–H groups in total. The molecule has 0 radical (unpaired) electrons. The molecule has 0 spiro atoms. The first kappa shape index (κ1) is 10.1. The number of anilines is 1. The minimum atomic E-state index is -2.79. The number of nitrogen functional groups attached to an aromatic ring is 1. The summed E-state index contributed by atoms with van der Waals surface area (Å²) in [7, 11) is 0. The van der Waals surface area contributed by atoms with Crippen LogP contribution in [0.3, 0.4) is 0 Å². The Morgan fingerprint density at radius 1 is 1.54 bits per heavy atom. The molecule has 1 aromatic rings. The standard InChI is InChI=1S/C7H6ClF3N2/c8-2-3-1-4(9)7(12)13-5(3)6(10)11/h1,6H,2H2,(H2,12,13). The molecule has 72 valence electrons. The van der Waals surface area contributed by atoms with Crippen LogP contribution in [0.5, 0.6) is 0 Å². The summed E-state index contributed by atoms with van der Waals surface area (Å²) in [4.78, 5) is 3.21. The van der Waals surface area contributed by atoms with Gasteiger partial charge in [-0.25, -0.2) is 18.2 Å². The van der Waals surface area contributed by atoms with E-state index in [4.69, 9.17) is 17.3 Å². The van der Waals surface area contributed by atoms with E-state index < -0.39 is 23.8 Å². The number of rotatable bonds is 2. The fraction of sp³-hybridized carbons (Fsp3) is 0.286. The van der Waals surface area contributed by atoms with Crippen molar-refractivity contribution in [2.45, 2.75) is 12.3 Å². The fourth-order valence-corrected chi connectivity index (χ4v) is 1.07. The highest BCUT2D eigenvalue weighted by molar-refractivity contribution is 6.17. The van der Waals surface area contributed by atoms with Gasteiger partial charge in [-0.15, -0.1) is 11.6 Å². The van der Waals surface area contributed by atoms with Gasteiger partial charge < -0.3 is 5.73 Å². The molecule has 0 bridgehead atoms. The van der Waals surface area contributed by atoms with E-state index in [1.165, 1.54) is 0 Å². The van der Waals surface area contributed by atoms with Crippen LogP contribution in [0.15, 0.2) is 6.07 Å². The van der Waals surface area contributed by atoms with E-state index in [9.17, 15) is 13.2 Å². The fourth-order valence-electron chi connectivity index (χ4n) is 0.852. The third-order valence-corrected chi connectivity index (χ3v) is 1.75. The van der Waals surface area contributed by atoms with Gasteiger partial charge in [-0.1, -0.05) is 0 Å². The lowest BCUT2D eigenvalue weighted by Gasteiger charge is -2.06. The minimum Gasteiger partial charge on any atom is -0.381 e. The zero-order chi connectivity index (χ0) is 10.0. The van der Waals surface area contributed by atoms with Crippen LogP contribution in [0.4, 0.5) is 19.0 Å². The Morgan fingerprint density at radius 3 is 2.62 bits per heavy atom. The van der Waals surface area contributed by atoms with Gasteiger partial charge in [0.15, 0.2) is 11.6 Å². The van der Waals surface area contributed by atoms with Crippen LogP contribution in [0.1, 0.15) is 17.7 Å². The van der Waals surface area contributed by atoms with Gasteiger partial charge in [0.2, 0.25) is 0 Å². The molecule has 1 aromatic heterocycles. The predicted octanol–water partition coefficient (Wildman–Crippen LogP) is 2.48. The smallest absolute Gasteiger partial charge is 0.280 e. The van der Waals surface area contributed by atoms with Crippen molar-refractivity contribution < 1.29 is 13.2 Å². The Kier molecular flexibility index (Phi) is 2.98. The topological polar surface area (TPSA) is 38.9 Å². The molecule has 0 amide bonds. The maximum atomic E-state index is 12.7. The molecule has 0 aromatic carbocycles. The Balaban J connectivity index is 3.25.